The summed E-state index contributed by atoms with van der Waals surface area (Å²) < 4.78 is 10.3. The van der Waals surface area contributed by atoms with E-state index in [-0.39, 0.29) is 18.1 Å². The Hall–Kier alpha value is -2.85. The third-order valence-corrected chi connectivity index (χ3v) is 3.22. The Bertz CT molecular complexity index is 640. The third kappa shape index (κ3) is 4.83. The second-order valence-corrected chi connectivity index (χ2v) is 4.90. The van der Waals surface area contributed by atoms with Crippen molar-refractivity contribution in [1.29, 1.82) is 5.26 Å². The quantitative estimate of drug-likeness (QED) is 0.622. The van der Waals surface area contributed by atoms with Gasteiger partial charge in [0, 0.05) is 13.1 Å². The van der Waals surface area contributed by atoms with Crippen molar-refractivity contribution < 1.29 is 19.1 Å². The summed E-state index contributed by atoms with van der Waals surface area (Å²) in [7, 11) is 0. The normalized spacial score (nSPS) is 14.9. The largest absolute Gasteiger partial charge is 0.484 e. The van der Waals surface area contributed by atoms with Gasteiger partial charge in [-0.2, -0.15) is 5.26 Å². The number of ether oxygens (including phenoxy) is 2. The predicted octanol–water partition coefficient (Wildman–Crippen LogP) is 0.316. The zero-order chi connectivity index (χ0) is 16.7. The van der Waals surface area contributed by atoms with Crippen LogP contribution in [-0.2, 0) is 14.3 Å². The predicted molar refractivity (Wildman–Crippen MR) is 82.1 cm³/mol. The highest BCUT2D eigenvalue weighted by molar-refractivity contribution is 6.01. The van der Waals surface area contributed by atoms with Crippen molar-refractivity contribution in [2.45, 2.75) is 0 Å². The molecule has 1 aliphatic rings. The summed E-state index contributed by atoms with van der Waals surface area (Å²) in [5, 5.41) is 9.22. The SMILES string of the molecule is N#C/C(=C/c1ccc(OCC(N)=O)cc1)C(=O)N1CCOCC1. The van der Waals surface area contributed by atoms with Crippen molar-refractivity contribution in [3.8, 4) is 11.8 Å². The molecule has 0 bridgehead atoms. The van der Waals surface area contributed by atoms with Crippen LogP contribution in [0.15, 0.2) is 29.8 Å². The summed E-state index contributed by atoms with van der Waals surface area (Å²) in [5.74, 6) is -0.374. The Kier molecular flexibility index (Phi) is 5.72. The summed E-state index contributed by atoms with van der Waals surface area (Å²) in [6, 6.07) is 8.61. The molecular formula is C16H17N3O4. The standard InChI is InChI=1S/C16H17N3O4/c17-10-13(16(21)19-5-7-22-8-6-19)9-12-1-3-14(4-2-12)23-11-15(18)20/h1-4,9H,5-8,11H2,(H2,18,20)/b13-9-. The number of nitrogens with zero attached hydrogens (tertiary/aromatic N) is 2. The molecule has 2 N–H and O–H groups in total. The summed E-state index contributed by atoms with van der Waals surface area (Å²) in [5.41, 5.74) is 5.75. The zero-order valence-electron chi connectivity index (χ0n) is 12.5. The van der Waals surface area contributed by atoms with Crippen LogP contribution >= 0.6 is 0 Å². The van der Waals surface area contributed by atoms with Crippen LogP contribution in [0.1, 0.15) is 5.56 Å². The van der Waals surface area contributed by atoms with Crippen LogP contribution in [0, 0.1) is 11.3 Å². The lowest BCUT2D eigenvalue weighted by Gasteiger charge is -2.26. The molecule has 7 heteroatoms. The van der Waals surface area contributed by atoms with Crippen molar-refractivity contribution >= 4 is 17.9 Å². The molecule has 1 saturated heterocycles. The smallest absolute Gasteiger partial charge is 0.264 e. The van der Waals surface area contributed by atoms with E-state index in [1.807, 2.05) is 6.07 Å². The molecule has 1 heterocycles. The van der Waals surface area contributed by atoms with E-state index in [9.17, 15) is 14.9 Å². The van der Waals surface area contributed by atoms with Crippen LogP contribution in [0.4, 0.5) is 0 Å². The minimum Gasteiger partial charge on any atom is -0.484 e. The number of nitriles is 1. The minimum absolute atomic E-state index is 0.0673. The van der Waals surface area contributed by atoms with Gasteiger partial charge in [0.15, 0.2) is 6.61 Å². The maximum Gasteiger partial charge on any atom is 0.264 e. The molecule has 0 spiro atoms. The van der Waals surface area contributed by atoms with Crippen LogP contribution in [0.5, 0.6) is 5.75 Å². The number of carbonyl (C=O) groups is 2. The number of carbonyl (C=O) groups excluding carboxylic acids is 2. The van der Waals surface area contributed by atoms with Gasteiger partial charge in [0.1, 0.15) is 17.4 Å². The Morgan fingerprint density at radius 1 is 1.30 bits per heavy atom. The Morgan fingerprint density at radius 2 is 1.96 bits per heavy atom. The molecule has 2 amide bonds. The number of hydrogen-bond acceptors (Lipinski definition) is 5. The van der Waals surface area contributed by atoms with Crippen molar-refractivity contribution in [1.82, 2.24) is 4.90 Å². The molecule has 0 unspecified atom stereocenters. The molecule has 0 aromatic heterocycles. The van der Waals surface area contributed by atoms with Gasteiger partial charge in [-0.25, -0.2) is 0 Å². The summed E-state index contributed by atoms with van der Waals surface area (Å²) >= 11 is 0. The number of hydrogen-bond donors (Lipinski definition) is 1. The summed E-state index contributed by atoms with van der Waals surface area (Å²) in [6.45, 7) is 1.73. The Labute approximate surface area is 133 Å². The van der Waals surface area contributed by atoms with Gasteiger partial charge >= 0.3 is 0 Å². The highest BCUT2D eigenvalue weighted by Crippen LogP contribution is 2.15. The van der Waals surface area contributed by atoms with E-state index in [0.29, 0.717) is 37.6 Å². The van der Waals surface area contributed by atoms with E-state index in [0.717, 1.165) is 0 Å². The van der Waals surface area contributed by atoms with Gasteiger partial charge in [0.05, 0.1) is 13.2 Å². The summed E-state index contributed by atoms with van der Waals surface area (Å²) in [4.78, 5) is 24.5. The molecule has 0 radical (unpaired) electrons. The van der Waals surface area contributed by atoms with E-state index in [4.69, 9.17) is 15.2 Å². The van der Waals surface area contributed by atoms with Gasteiger partial charge in [-0.3, -0.25) is 9.59 Å². The molecule has 1 aromatic rings. The number of primary amides is 1. The fourth-order valence-corrected chi connectivity index (χ4v) is 2.06. The molecule has 7 nitrogen and oxygen atoms in total. The second-order valence-electron chi connectivity index (χ2n) is 4.90. The molecule has 0 saturated carbocycles. The number of morpholine rings is 1. The average molecular weight is 315 g/mol. The molecule has 1 aliphatic heterocycles. The van der Waals surface area contributed by atoms with Crippen LogP contribution < -0.4 is 10.5 Å². The lowest BCUT2D eigenvalue weighted by Crippen LogP contribution is -2.41. The molecule has 0 aliphatic carbocycles. The lowest BCUT2D eigenvalue weighted by molar-refractivity contribution is -0.130. The molecule has 120 valence electrons. The van der Waals surface area contributed by atoms with Crippen molar-refractivity contribution in [3.05, 3.63) is 35.4 Å². The molecule has 1 aromatic carbocycles. The maximum atomic E-state index is 12.3. The molecular weight excluding hydrogens is 298 g/mol. The fourth-order valence-electron chi connectivity index (χ4n) is 2.06. The summed E-state index contributed by atoms with van der Waals surface area (Å²) in [6.07, 6.45) is 1.52. The van der Waals surface area contributed by atoms with E-state index in [2.05, 4.69) is 0 Å². The first-order valence-corrected chi connectivity index (χ1v) is 7.10. The minimum atomic E-state index is -0.558. The van der Waals surface area contributed by atoms with Gasteiger partial charge in [0.2, 0.25) is 0 Å². The number of rotatable bonds is 5. The number of benzene rings is 1. The van der Waals surface area contributed by atoms with Crippen molar-refractivity contribution in [2.75, 3.05) is 32.9 Å². The van der Waals surface area contributed by atoms with Gasteiger partial charge in [-0.15, -0.1) is 0 Å². The molecule has 1 fully saturated rings. The number of nitrogens with two attached hydrogens (primary N) is 1. The van der Waals surface area contributed by atoms with Crippen molar-refractivity contribution in [2.24, 2.45) is 5.73 Å². The third-order valence-electron chi connectivity index (χ3n) is 3.22. The van der Waals surface area contributed by atoms with Crippen LogP contribution in [0.2, 0.25) is 0 Å². The van der Waals surface area contributed by atoms with Crippen LogP contribution in [0.25, 0.3) is 6.08 Å². The zero-order valence-corrected chi connectivity index (χ0v) is 12.5. The molecule has 0 atom stereocenters. The highest BCUT2D eigenvalue weighted by atomic mass is 16.5. The van der Waals surface area contributed by atoms with Crippen molar-refractivity contribution in [3.63, 3.8) is 0 Å². The Balaban J connectivity index is 2.06. The van der Waals surface area contributed by atoms with E-state index in [1.54, 1.807) is 29.2 Å². The maximum absolute atomic E-state index is 12.3. The molecule has 2 rings (SSSR count). The Morgan fingerprint density at radius 3 is 2.52 bits per heavy atom. The van der Waals surface area contributed by atoms with Crippen LogP contribution in [-0.4, -0.2) is 49.6 Å². The first-order valence-electron chi connectivity index (χ1n) is 7.10. The second kappa shape index (κ2) is 7.96. The van der Waals surface area contributed by atoms with Crippen LogP contribution in [0.3, 0.4) is 0 Å². The highest BCUT2D eigenvalue weighted by Gasteiger charge is 2.20. The molecule has 23 heavy (non-hydrogen) atoms. The first kappa shape index (κ1) is 16.5. The number of amides is 2. The van der Waals surface area contributed by atoms with Gasteiger partial charge in [-0.05, 0) is 23.8 Å². The van der Waals surface area contributed by atoms with E-state index in [1.165, 1.54) is 6.08 Å². The van der Waals surface area contributed by atoms with Gasteiger partial charge in [-0.1, -0.05) is 12.1 Å². The average Bonchev–Trinajstić information content (AvgIpc) is 2.59. The van der Waals surface area contributed by atoms with Gasteiger partial charge in [0.25, 0.3) is 11.8 Å². The van der Waals surface area contributed by atoms with E-state index >= 15 is 0 Å². The lowest BCUT2D eigenvalue weighted by atomic mass is 10.1. The monoisotopic (exact) mass is 315 g/mol. The van der Waals surface area contributed by atoms with E-state index < -0.39 is 5.91 Å². The first-order chi connectivity index (χ1) is 11.1. The van der Waals surface area contributed by atoms with Gasteiger partial charge < -0.3 is 20.1 Å². The topological polar surface area (TPSA) is 106 Å². The fraction of sp³-hybridized carbons (Fsp3) is 0.312.